The van der Waals surface area contributed by atoms with Gasteiger partial charge >= 0.3 is 6.03 Å². The number of urea groups is 1. The summed E-state index contributed by atoms with van der Waals surface area (Å²) in [5, 5.41) is 4.98. The first-order chi connectivity index (χ1) is 10.1. The monoisotopic (exact) mass is 294 g/mol. The number of nitrogens with one attached hydrogen (secondary N) is 2. The molecule has 116 valence electrons. The number of piperidine rings is 1. The average molecular weight is 294 g/mol. The minimum atomic E-state index is -0.929. The summed E-state index contributed by atoms with van der Waals surface area (Å²) in [4.78, 5) is 37.9. The minimum absolute atomic E-state index is 0.0229. The van der Waals surface area contributed by atoms with Crippen molar-refractivity contribution in [3.8, 4) is 0 Å². The van der Waals surface area contributed by atoms with Gasteiger partial charge in [0.05, 0.1) is 6.54 Å². The summed E-state index contributed by atoms with van der Waals surface area (Å²) < 4.78 is 0. The van der Waals surface area contributed by atoms with Gasteiger partial charge in [0.15, 0.2) is 0 Å². The van der Waals surface area contributed by atoms with Crippen molar-refractivity contribution in [2.75, 3.05) is 19.6 Å². The molecule has 0 aromatic carbocycles. The molecule has 21 heavy (non-hydrogen) atoms. The molecule has 0 aromatic heterocycles. The Bertz CT molecular complexity index is 481. The lowest BCUT2D eigenvalue weighted by Gasteiger charge is -2.39. The lowest BCUT2D eigenvalue weighted by molar-refractivity contribution is -0.140. The number of nitrogens with zero attached hydrogens (tertiary/aromatic N) is 1. The number of nitrogens with two attached hydrogens (primary N) is 1. The maximum Gasteiger partial charge on any atom is 0.322 e. The van der Waals surface area contributed by atoms with Gasteiger partial charge in [-0.1, -0.05) is 6.42 Å². The zero-order valence-electron chi connectivity index (χ0n) is 12.1. The Morgan fingerprint density at radius 1 is 1.33 bits per heavy atom. The predicted molar refractivity (Wildman–Crippen MR) is 75.1 cm³/mol. The van der Waals surface area contributed by atoms with Crippen molar-refractivity contribution in [1.29, 1.82) is 0 Å². The van der Waals surface area contributed by atoms with E-state index in [1.807, 2.05) is 0 Å². The van der Waals surface area contributed by atoms with Crippen LogP contribution in [0.5, 0.6) is 0 Å². The molecule has 7 nitrogen and oxygen atoms in total. The van der Waals surface area contributed by atoms with Crippen LogP contribution in [-0.2, 0) is 9.59 Å². The molecule has 2 heterocycles. The number of carbonyl (C=O) groups excluding carboxylic acids is 3. The minimum Gasteiger partial charge on any atom is -0.340 e. The van der Waals surface area contributed by atoms with Gasteiger partial charge in [-0.2, -0.15) is 0 Å². The molecule has 1 aliphatic carbocycles. The Morgan fingerprint density at radius 3 is 2.81 bits per heavy atom. The lowest BCUT2D eigenvalue weighted by atomic mass is 9.87. The summed E-state index contributed by atoms with van der Waals surface area (Å²) in [6, 6.07) is -0.463. The predicted octanol–water partition coefficient (Wildman–Crippen LogP) is -0.438. The van der Waals surface area contributed by atoms with Crippen LogP contribution in [0.2, 0.25) is 0 Å². The van der Waals surface area contributed by atoms with E-state index in [4.69, 9.17) is 5.73 Å². The van der Waals surface area contributed by atoms with E-state index < -0.39 is 11.6 Å². The van der Waals surface area contributed by atoms with Crippen LogP contribution in [0, 0.1) is 11.8 Å². The molecule has 3 rings (SSSR count). The molecule has 1 spiro atoms. The number of amides is 4. The summed E-state index contributed by atoms with van der Waals surface area (Å²) in [5.41, 5.74) is 4.83. The Kier molecular flexibility index (Phi) is 3.61. The fourth-order valence-electron chi connectivity index (χ4n) is 3.94. The van der Waals surface area contributed by atoms with Crippen LogP contribution in [0.4, 0.5) is 4.79 Å². The van der Waals surface area contributed by atoms with Crippen molar-refractivity contribution >= 4 is 17.8 Å². The Hall–Kier alpha value is -1.63. The molecule has 1 saturated carbocycles. The van der Waals surface area contributed by atoms with Crippen molar-refractivity contribution in [3.05, 3.63) is 0 Å². The quantitative estimate of drug-likeness (QED) is 0.601. The molecule has 3 aliphatic rings. The average Bonchev–Trinajstić information content (AvgIpc) is 3.03. The zero-order chi connectivity index (χ0) is 15.0. The van der Waals surface area contributed by atoms with Crippen molar-refractivity contribution in [2.24, 2.45) is 17.6 Å². The smallest absolute Gasteiger partial charge is 0.322 e. The van der Waals surface area contributed by atoms with Crippen molar-refractivity contribution in [1.82, 2.24) is 15.5 Å². The highest BCUT2D eigenvalue weighted by Crippen LogP contribution is 2.34. The van der Waals surface area contributed by atoms with Crippen molar-refractivity contribution in [3.63, 3.8) is 0 Å². The Labute approximate surface area is 123 Å². The number of hydrogen-bond acceptors (Lipinski definition) is 4. The number of likely N-dealkylation sites (tertiary alicyclic amines) is 1. The summed E-state index contributed by atoms with van der Waals surface area (Å²) in [7, 11) is 0. The lowest BCUT2D eigenvalue weighted by Crippen LogP contribution is -2.60. The first kappa shape index (κ1) is 14.3. The first-order valence-corrected chi connectivity index (χ1v) is 7.68. The summed E-state index contributed by atoms with van der Waals surface area (Å²) in [6.07, 6.45) is 4.22. The van der Waals surface area contributed by atoms with Gasteiger partial charge in [-0.25, -0.2) is 4.79 Å². The van der Waals surface area contributed by atoms with Crippen LogP contribution in [0.15, 0.2) is 0 Å². The van der Waals surface area contributed by atoms with E-state index in [0.29, 0.717) is 19.5 Å². The van der Waals surface area contributed by atoms with Gasteiger partial charge < -0.3 is 16.0 Å². The fourth-order valence-corrected chi connectivity index (χ4v) is 3.94. The molecule has 3 unspecified atom stereocenters. The zero-order valence-corrected chi connectivity index (χ0v) is 12.1. The molecule has 4 N–H and O–H groups in total. The third-order valence-corrected chi connectivity index (χ3v) is 5.10. The number of carbonyl (C=O) groups is 3. The van der Waals surface area contributed by atoms with Crippen LogP contribution >= 0.6 is 0 Å². The molecule has 3 atom stereocenters. The van der Waals surface area contributed by atoms with Gasteiger partial charge in [0.25, 0.3) is 5.91 Å². The first-order valence-electron chi connectivity index (χ1n) is 7.68. The molecule has 0 bridgehead atoms. The van der Waals surface area contributed by atoms with Crippen LogP contribution in [0.25, 0.3) is 0 Å². The molecule has 0 aromatic rings. The van der Waals surface area contributed by atoms with Gasteiger partial charge in [0, 0.05) is 12.5 Å². The summed E-state index contributed by atoms with van der Waals surface area (Å²) in [6.45, 7) is 1.46. The number of rotatable bonds is 2. The molecular formula is C14H22N4O3. The third-order valence-electron chi connectivity index (χ3n) is 5.10. The van der Waals surface area contributed by atoms with E-state index in [1.54, 1.807) is 4.90 Å². The van der Waals surface area contributed by atoms with Crippen molar-refractivity contribution < 1.29 is 14.4 Å². The molecular weight excluding hydrogens is 272 g/mol. The number of imide groups is 1. The van der Waals surface area contributed by atoms with Gasteiger partial charge in [0.2, 0.25) is 5.91 Å². The molecule has 3 fully saturated rings. The Morgan fingerprint density at radius 2 is 2.14 bits per heavy atom. The fraction of sp³-hybridized carbons (Fsp3) is 0.786. The van der Waals surface area contributed by atoms with E-state index in [0.717, 1.165) is 25.7 Å². The summed E-state index contributed by atoms with van der Waals surface area (Å²) in [5.74, 6) is 0.00968. The van der Waals surface area contributed by atoms with Crippen molar-refractivity contribution in [2.45, 2.75) is 37.6 Å². The van der Waals surface area contributed by atoms with Crippen LogP contribution in [-0.4, -0.2) is 47.9 Å². The SMILES string of the molecule is NCC1CCCC1C(=O)N1CCCC2(C1)NC(=O)NC2=O. The van der Waals surface area contributed by atoms with E-state index in [2.05, 4.69) is 10.6 Å². The van der Waals surface area contributed by atoms with Crippen LogP contribution < -0.4 is 16.4 Å². The van der Waals surface area contributed by atoms with Gasteiger partial charge in [-0.15, -0.1) is 0 Å². The molecule has 2 aliphatic heterocycles. The molecule has 7 heteroatoms. The maximum absolute atomic E-state index is 12.7. The second-order valence-electron chi connectivity index (χ2n) is 6.39. The summed E-state index contributed by atoms with van der Waals surface area (Å²) >= 11 is 0. The highest BCUT2D eigenvalue weighted by Gasteiger charge is 2.50. The van der Waals surface area contributed by atoms with E-state index in [1.165, 1.54) is 0 Å². The maximum atomic E-state index is 12.7. The largest absolute Gasteiger partial charge is 0.340 e. The second-order valence-corrected chi connectivity index (χ2v) is 6.39. The highest BCUT2D eigenvalue weighted by atomic mass is 16.2. The Balaban J connectivity index is 1.73. The normalized spacial score (nSPS) is 36.0. The standard InChI is InChI=1S/C14H22N4O3/c15-7-9-3-1-4-10(9)11(19)18-6-2-5-14(8-18)12(20)16-13(21)17-14/h9-10H,1-8,15H2,(H2,16,17,20,21). The molecule has 4 amide bonds. The van der Waals surface area contributed by atoms with Gasteiger partial charge in [0.1, 0.15) is 5.54 Å². The van der Waals surface area contributed by atoms with Gasteiger partial charge in [-0.3, -0.25) is 14.9 Å². The van der Waals surface area contributed by atoms with E-state index in [-0.39, 0.29) is 30.2 Å². The highest BCUT2D eigenvalue weighted by molar-refractivity contribution is 6.07. The van der Waals surface area contributed by atoms with Crippen LogP contribution in [0.1, 0.15) is 32.1 Å². The van der Waals surface area contributed by atoms with E-state index in [9.17, 15) is 14.4 Å². The topological polar surface area (TPSA) is 105 Å². The van der Waals surface area contributed by atoms with Gasteiger partial charge in [-0.05, 0) is 38.1 Å². The number of hydrogen-bond donors (Lipinski definition) is 3. The third kappa shape index (κ3) is 2.39. The van der Waals surface area contributed by atoms with E-state index >= 15 is 0 Å². The van der Waals surface area contributed by atoms with Crippen LogP contribution in [0.3, 0.4) is 0 Å². The molecule has 0 radical (unpaired) electrons. The second kappa shape index (κ2) is 5.29. The molecule has 2 saturated heterocycles.